The van der Waals surface area contributed by atoms with E-state index < -0.39 is 0 Å². The number of hydrogen-bond acceptors (Lipinski definition) is 4. The molecule has 0 unspecified atom stereocenters. The Hall–Kier alpha value is -2.05. The summed E-state index contributed by atoms with van der Waals surface area (Å²) >= 11 is 1.77. The summed E-state index contributed by atoms with van der Waals surface area (Å²) in [6, 6.07) is 8.20. The molecule has 6 heteroatoms. The molecule has 1 aliphatic heterocycles. The zero-order chi connectivity index (χ0) is 22.0. The molecule has 1 amide bonds. The van der Waals surface area contributed by atoms with Crippen LogP contribution in [0.3, 0.4) is 0 Å². The van der Waals surface area contributed by atoms with Gasteiger partial charge in [0.1, 0.15) is 0 Å². The molecule has 0 spiro atoms. The molecule has 0 bridgehead atoms. The van der Waals surface area contributed by atoms with E-state index in [9.17, 15) is 4.79 Å². The standard InChI is InChI=1S/C25H34N4OS/c1-16(2)19-11-9-18(10-12-19)14-29-15-20(13-23(29)24(30)26-17(3)4)31-25-27-21-7-5-6-8-22(21)28-25/h5-9,17,19-20,23H,1,10-15H2,2-4H3,(H,26,30)(H,27,28)/t19-,20-,23+/m1/s1. The molecule has 4 rings (SSSR count). The molecule has 1 fully saturated rings. The van der Waals surface area contributed by atoms with Gasteiger partial charge in [-0.3, -0.25) is 9.69 Å². The number of imidazole rings is 1. The summed E-state index contributed by atoms with van der Waals surface area (Å²) in [4.78, 5) is 23.5. The van der Waals surface area contributed by atoms with Crippen molar-refractivity contribution in [2.45, 2.75) is 68.9 Å². The summed E-state index contributed by atoms with van der Waals surface area (Å²) in [5, 5.41) is 4.42. The predicted octanol–water partition coefficient (Wildman–Crippen LogP) is 4.93. The average Bonchev–Trinajstić information content (AvgIpc) is 3.31. The number of aromatic nitrogens is 2. The Morgan fingerprint density at radius 1 is 1.39 bits per heavy atom. The first-order valence-corrected chi connectivity index (χ1v) is 12.3. The second-order valence-electron chi connectivity index (χ2n) is 9.32. The highest BCUT2D eigenvalue weighted by atomic mass is 32.2. The fourth-order valence-corrected chi connectivity index (χ4v) is 5.84. The van der Waals surface area contributed by atoms with Crippen LogP contribution in [0.5, 0.6) is 0 Å². The summed E-state index contributed by atoms with van der Waals surface area (Å²) in [7, 11) is 0. The SMILES string of the molecule is C=C(C)[C@@H]1CC=C(CN2C[C@H](Sc3nc4ccccc4[nH]3)C[C@H]2C(=O)NC(C)C)CC1. The molecule has 1 aromatic carbocycles. The van der Waals surface area contributed by atoms with Crippen molar-refractivity contribution < 1.29 is 4.79 Å². The summed E-state index contributed by atoms with van der Waals surface area (Å²) in [5.41, 5.74) is 4.81. The van der Waals surface area contributed by atoms with Gasteiger partial charge in [-0.05, 0) is 64.5 Å². The highest BCUT2D eigenvalue weighted by Crippen LogP contribution is 2.35. The molecule has 5 nitrogen and oxygen atoms in total. The quantitative estimate of drug-likeness (QED) is 0.602. The number of benzene rings is 1. The first kappa shape index (κ1) is 22.2. The van der Waals surface area contributed by atoms with Gasteiger partial charge < -0.3 is 10.3 Å². The summed E-state index contributed by atoms with van der Waals surface area (Å²) in [5.74, 6) is 0.762. The number of hydrogen-bond donors (Lipinski definition) is 2. The molecular weight excluding hydrogens is 404 g/mol. The molecule has 1 aliphatic carbocycles. The Morgan fingerprint density at radius 2 is 2.19 bits per heavy atom. The summed E-state index contributed by atoms with van der Waals surface area (Å²) in [6.45, 7) is 12.1. The van der Waals surface area contributed by atoms with Crippen LogP contribution in [-0.2, 0) is 4.79 Å². The van der Waals surface area contributed by atoms with Crippen molar-refractivity contribution in [1.29, 1.82) is 0 Å². The third-order valence-corrected chi connectivity index (χ3v) is 7.44. The Morgan fingerprint density at radius 3 is 2.87 bits per heavy atom. The smallest absolute Gasteiger partial charge is 0.237 e. The highest BCUT2D eigenvalue weighted by Gasteiger charge is 2.38. The van der Waals surface area contributed by atoms with E-state index in [0.717, 1.165) is 48.5 Å². The normalized spacial score (nSPS) is 24.5. The van der Waals surface area contributed by atoms with E-state index in [1.54, 1.807) is 11.8 Å². The molecule has 31 heavy (non-hydrogen) atoms. The van der Waals surface area contributed by atoms with E-state index >= 15 is 0 Å². The lowest BCUT2D eigenvalue weighted by atomic mass is 9.85. The van der Waals surface area contributed by atoms with Crippen molar-refractivity contribution in [2.75, 3.05) is 13.1 Å². The number of rotatable bonds is 7. The number of nitrogens with one attached hydrogen (secondary N) is 2. The van der Waals surface area contributed by atoms with Crippen LogP contribution in [0.25, 0.3) is 11.0 Å². The topological polar surface area (TPSA) is 61.0 Å². The van der Waals surface area contributed by atoms with Gasteiger partial charge >= 0.3 is 0 Å². The number of para-hydroxylation sites is 2. The number of allylic oxidation sites excluding steroid dienone is 2. The first-order valence-electron chi connectivity index (χ1n) is 11.4. The predicted molar refractivity (Wildman–Crippen MR) is 129 cm³/mol. The number of H-pyrrole nitrogens is 1. The number of aromatic amines is 1. The maximum absolute atomic E-state index is 13.0. The minimum absolute atomic E-state index is 0.0796. The zero-order valence-corrected chi connectivity index (χ0v) is 19.7. The highest BCUT2D eigenvalue weighted by molar-refractivity contribution is 7.99. The van der Waals surface area contributed by atoms with Gasteiger partial charge in [0.05, 0.1) is 17.1 Å². The third kappa shape index (κ3) is 5.42. The van der Waals surface area contributed by atoms with E-state index in [-0.39, 0.29) is 18.0 Å². The van der Waals surface area contributed by atoms with Crippen molar-refractivity contribution in [3.63, 3.8) is 0 Å². The van der Waals surface area contributed by atoms with E-state index in [4.69, 9.17) is 4.98 Å². The van der Waals surface area contributed by atoms with Crippen molar-refractivity contribution >= 4 is 28.7 Å². The van der Waals surface area contributed by atoms with Crippen LogP contribution in [-0.4, -0.2) is 51.2 Å². The molecule has 166 valence electrons. The summed E-state index contributed by atoms with van der Waals surface area (Å²) < 4.78 is 0. The van der Waals surface area contributed by atoms with Crippen LogP contribution in [0.15, 0.2) is 53.2 Å². The second-order valence-corrected chi connectivity index (χ2v) is 10.6. The van der Waals surface area contributed by atoms with Crippen LogP contribution in [0, 0.1) is 5.92 Å². The number of nitrogens with zero attached hydrogens (tertiary/aromatic N) is 2. The van der Waals surface area contributed by atoms with E-state index in [1.807, 2.05) is 32.0 Å². The van der Waals surface area contributed by atoms with Gasteiger partial charge in [0.25, 0.3) is 0 Å². The average molecular weight is 439 g/mol. The van der Waals surface area contributed by atoms with Crippen molar-refractivity contribution in [3.8, 4) is 0 Å². The maximum Gasteiger partial charge on any atom is 0.237 e. The van der Waals surface area contributed by atoms with Crippen LogP contribution in [0.1, 0.15) is 46.5 Å². The van der Waals surface area contributed by atoms with Gasteiger partial charge in [0.15, 0.2) is 5.16 Å². The molecule has 2 heterocycles. The van der Waals surface area contributed by atoms with Crippen molar-refractivity contribution in [1.82, 2.24) is 20.2 Å². The molecule has 2 aromatic rings. The van der Waals surface area contributed by atoms with Gasteiger partial charge in [-0.1, -0.05) is 47.7 Å². The van der Waals surface area contributed by atoms with Crippen LogP contribution >= 0.6 is 11.8 Å². The van der Waals surface area contributed by atoms with E-state index in [0.29, 0.717) is 11.2 Å². The largest absolute Gasteiger partial charge is 0.353 e. The molecule has 0 saturated carbocycles. The van der Waals surface area contributed by atoms with Crippen LogP contribution in [0.2, 0.25) is 0 Å². The fourth-order valence-electron chi connectivity index (χ4n) is 4.66. The number of carbonyl (C=O) groups excluding carboxylic acids is 1. The monoisotopic (exact) mass is 438 g/mol. The molecule has 1 saturated heterocycles. The van der Waals surface area contributed by atoms with Gasteiger partial charge in [-0.2, -0.15) is 0 Å². The first-order chi connectivity index (χ1) is 14.9. The minimum atomic E-state index is -0.0796. The van der Waals surface area contributed by atoms with Gasteiger partial charge in [0, 0.05) is 24.4 Å². The molecule has 2 N–H and O–H groups in total. The van der Waals surface area contributed by atoms with Gasteiger partial charge in [0.2, 0.25) is 5.91 Å². The Labute approximate surface area is 189 Å². The molecule has 3 atom stereocenters. The number of likely N-dealkylation sites (tertiary alicyclic amines) is 1. The number of carbonyl (C=O) groups is 1. The zero-order valence-electron chi connectivity index (χ0n) is 18.9. The Bertz CT molecular complexity index is 946. The molecule has 1 aromatic heterocycles. The second kappa shape index (κ2) is 9.61. The fraction of sp³-hybridized carbons (Fsp3) is 0.520. The van der Waals surface area contributed by atoms with Crippen LogP contribution < -0.4 is 5.32 Å². The van der Waals surface area contributed by atoms with Crippen molar-refractivity contribution in [3.05, 3.63) is 48.1 Å². The van der Waals surface area contributed by atoms with E-state index in [1.165, 1.54) is 17.6 Å². The number of amides is 1. The lowest BCUT2D eigenvalue weighted by molar-refractivity contribution is -0.125. The number of thioether (sulfide) groups is 1. The van der Waals surface area contributed by atoms with Gasteiger partial charge in [-0.25, -0.2) is 4.98 Å². The van der Waals surface area contributed by atoms with E-state index in [2.05, 4.69) is 40.8 Å². The summed E-state index contributed by atoms with van der Waals surface area (Å²) in [6.07, 6.45) is 6.60. The Balaban J connectivity index is 1.45. The van der Waals surface area contributed by atoms with Crippen molar-refractivity contribution in [2.24, 2.45) is 5.92 Å². The minimum Gasteiger partial charge on any atom is -0.353 e. The Kier molecular flexibility index (Phi) is 6.87. The third-order valence-electron chi connectivity index (χ3n) is 6.35. The lowest BCUT2D eigenvalue weighted by Crippen LogP contribution is -2.46. The van der Waals surface area contributed by atoms with Gasteiger partial charge in [-0.15, -0.1) is 0 Å². The molecule has 2 aliphatic rings. The maximum atomic E-state index is 13.0. The molecular formula is C25H34N4OS. The van der Waals surface area contributed by atoms with Crippen LogP contribution in [0.4, 0.5) is 0 Å². The molecule has 0 radical (unpaired) electrons. The lowest BCUT2D eigenvalue weighted by Gasteiger charge is -2.28. The number of fused-ring (bicyclic) bond motifs is 1.